The van der Waals surface area contributed by atoms with Gasteiger partial charge in [-0.05, 0) is 73.6 Å². The van der Waals surface area contributed by atoms with Crippen LogP contribution in [0.25, 0.3) is 0 Å². The molecule has 1 aromatic carbocycles. The van der Waals surface area contributed by atoms with Gasteiger partial charge in [-0.3, -0.25) is 9.59 Å². The Balaban J connectivity index is 1.80. The van der Waals surface area contributed by atoms with E-state index >= 15 is 0 Å². The van der Waals surface area contributed by atoms with Crippen molar-refractivity contribution in [3.63, 3.8) is 0 Å². The molecule has 5 heteroatoms. The van der Waals surface area contributed by atoms with Crippen molar-refractivity contribution in [2.24, 2.45) is 17.3 Å². The molecule has 1 aromatic rings. The minimum absolute atomic E-state index is 0.0688. The number of aryl methyl sites for hydroxylation is 1. The van der Waals surface area contributed by atoms with Gasteiger partial charge in [0.05, 0.1) is 7.11 Å². The number of hydrogen-bond donors (Lipinski definition) is 1. The van der Waals surface area contributed by atoms with Gasteiger partial charge in [0.2, 0.25) is 5.91 Å². The fraction of sp³-hybridized carbons (Fsp3) is 0.667. The van der Waals surface area contributed by atoms with Gasteiger partial charge in [-0.2, -0.15) is 0 Å². The van der Waals surface area contributed by atoms with E-state index in [0.29, 0.717) is 24.8 Å². The Bertz CT molecular complexity index is 746. The number of carbonyl (C=O) groups excluding carboxylic acids is 2. The van der Waals surface area contributed by atoms with Gasteiger partial charge >= 0.3 is 5.97 Å². The number of benzene rings is 1. The first-order valence-corrected chi connectivity index (χ1v) is 11.0. The summed E-state index contributed by atoms with van der Waals surface area (Å²) in [6.45, 7) is 6.37. The molecular formula is C24H35NO4. The normalized spacial score (nSPS) is 28.5. The zero-order chi connectivity index (χ0) is 21.0. The highest BCUT2D eigenvalue weighted by atomic mass is 16.5. The zero-order valence-corrected chi connectivity index (χ0v) is 18.3. The van der Waals surface area contributed by atoms with E-state index in [1.165, 1.54) is 18.1 Å². The number of nitrogens with one attached hydrogen (secondary N) is 1. The van der Waals surface area contributed by atoms with Gasteiger partial charge in [-0.25, -0.2) is 0 Å². The lowest BCUT2D eigenvalue weighted by molar-refractivity contribution is -0.155. The summed E-state index contributed by atoms with van der Waals surface area (Å²) in [6.07, 6.45) is 6.15. The number of hydrogen-bond acceptors (Lipinski definition) is 4. The SMILES string of the molecule is CCCNC(=O)C[C@@]1(C)C(C2CCc3cc(OC)ccc3C2)CC[C@@H]1OC(C)=O. The Hall–Kier alpha value is -2.04. The molecule has 0 aromatic heterocycles. The summed E-state index contributed by atoms with van der Waals surface area (Å²) in [6, 6.07) is 6.37. The molecule has 3 rings (SSSR count). The molecule has 4 atom stereocenters. The number of esters is 1. The van der Waals surface area contributed by atoms with Crippen molar-refractivity contribution in [2.75, 3.05) is 13.7 Å². The molecule has 0 heterocycles. The van der Waals surface area contributed by atoms with Crippen molar-refractivity contribution in [3.05, 3.63) is 29.3 Å². The summed E-state index contributed by atoms with van der Waals surface area (Å²) < 4.78 is 11.1. The Morgan fingerprint density at radius 1 is 1.21 bits per heavy atom. The van der Waals surface area contributed by atoms with Crippen LogP contribution in [0.1, 0.15) is 64.0 Å². The van der Waals surface area contributed by atoms with Crippen LogP contribution in [0.3, 0.4) is 0 Å². The van der Waals surface area contributed by atoms with Crippen molar-refractivity contribution in [1.82, 2.24) is 5.32 Å². The molecule has 0 spiro atoms. The molecule has 1 saturated carbocycles. The van der Waals surface area contributed by atoms with Gasteiger partial charge in [0.25, 0.3) is 0 Å². The summed E-state index contributed by atoms with van der Waals surface area (Å²) in [5.74, 6) is 1.60. The lowest BCUT2D eigenvalue weighted by Crippen LogP contribution is -2.43. The maximum atomic E-state index is 12.6. The highest BCUT2D eigenvalue weighted by Gasteiger charge is 2.52. The van der Waals surface area contributed by atoms with E-state index in [0.717, 1.165) is 44.3 Å². The van der Waals surface area contributed by atoms with Crippen LogP contribution in [0.2, 0.25) is 0 Å². The van der Waals surface area contributed by atoms with Crippen LogP contribution >= 0.6 is 0 Å². The van der Waals surface area contributed by atoms with Gasteiger partial charge in [-0.1, -0.05) is 19.9 Å². The van der Waals surface area contributed by atoms with Crippen molar-refractivity contribution in [3.8, 4) is 5.75 Å². The number of methoxy groups -OCH3 is 1. The molecule has 1 fully saturated rings. The second kappa shape index (κ2) is 9.19. The van der Waals surface area contributed by atoms with Crippen molar-refractivity contribution in [2.45, 2.75) is 71.8 Å². The second-order valence-corrected chi connectivity index (χ2v) is 8.95. The van der Waals surface area contributed by atoms with Crippen molar-refractivity contribution < 1.29 is 19.1 Å². The van der Waals surface area contributed by atoms with E-state index in [1.54, 1.807) is 7.11 Å². The number of fused-ring (bicyclic) bond motifs is 1. The fourth-order valence-corrected chi connectivity index (χ4v) is 5.54. The van der Waals surface area contributed by atoms with Crippen molar-refractivity contribution >= 4 is 11.9 Å². The predicted octanol–water partition coefficient (Wildman–Crippen LogP) is 4.06. The Labute approximate surface area is 174 Å². The molecule has 2 aliphatic rings. The second-order valence-electron chi connectivity index (χ2n) is 8.95. The highest BCUT2D eigenvalue weighted by molar-refractivity contribution is 5.77. The topological polar surface area (TPSA) is 64.6 Å². The van der Waals surface area contributed by atoms with Crippen LogP contribution in [0.15, 0.2) is 18.2 Å². The molecule has 0 bridgehead atoms. The molecule has 1 N–H and O–H groups in total. The molecule has 2 unspecified atom stereocenters. The molecular weight excluding hydrogens is 366 g/mol. The minimum Gasteiger partial charge on any atom is -0.497 e. The average molecular weight is 402 g/mol. The van der Waals surface area contributed by atoms with Crippen LogP contribution in [0.5, 0.6) is 5.75 Å². The third-order valence-corrected chi connectivity index (χ3v) is 6.99. The van der Waals surface area contributed by atoms with E-state index in [-0.39, 0.29) is 23.4 Å². The van der Waals surface area contributed by atoms with Crippen LogP contribution in [-0.2, 0) is 27.2 Å². The number of rotatable bonds is 7. The molecule has 0 aliphatic heterocycles. The van der Waals surface area contributed by atoms with Gasteiger partial charge in [-0.15, -0.1) is 0 Å². The third-order valence-electron chi connectivity index (χ3n) is 6.99. The summed E-state index contributed by atoms with van der Waals surface area (Å²) in [5.41, 5.74) is 2.44. The largest absolute Gasteiger partial charge is 0.497 e. The molecule has 5 nitrogen and oxygen atoms in total. The van der Waals surface area contributed by atoms with E-state index in [4.69, 9.17) is 9.47 Å². The van der Waals surface area contributed by atoms with E-state index in [1.807, 2.05) is 6.07 Å². The standard InChI is InChI=1S/C24H35NO4/c1-5-12-25-23(27)15-24(3)21(10-11-22(24)29-16(2)26)19-7-6-18-14-20(28-4)9-8-17(18)13-19/h8-9,14,19,21-22H,5-7,10-13,15H2,1-4H3,(H,25,27)/t19?,21?,22-,24-/m0/s1. The van der Waals surface area contributed by atoms with Crippen LogP contribution in [0.4, 0.5) is 0 Å². The third kappa shape index (κ3) is 4.76. The molecule has 0 radical (unpaired) electrons. The van der Waals surface area contributed by atoms with E-state index in [2.05, 4.69) is 31.3 Å². The first kappa shape index (κ1) is 21.7. The van der Waals surface area contributed by atoms with Crippen molar-refractivity contribution in [1.29, 1.82) is 0 Å². The first-order chi connectivity index (χ1) is 13.9. The van der Waals surface area contributed by atoms with Crippen LogP contribution < -0.4 is 10.1 Å². The van der Waals surface area contributed by atoms with Gasteiger partial charge in [0, 0.05) is 25.3 Å². The Morgan fingerprint density at radius 3 is 2.69 bits per heavy atom. The predicted molar refractivity (Wildman–Crippen MR) is 113 cm³/mol. The summed E-state index contributed by atoms with van der Waals surface area (Å²) in [7, 11) is 1.70. The summed E-state index contributed by atoms with van der Waals surface area (Å²) in [5, 5.41) is 3.02. The van der Waals surface area contributed by atoms with E-state index < -0.39 is 0 Å². The Kier molecular flexibility index (Phi) is 6.86. The molecule has 0 saturated heterocycles. The average Bonchev–Trinajstić information content (AvgIpc) is 3.00. The molecule has 160 valence electrons. The van der Waals surface area contributed by atoms with Gasteiger partial charge < -0.3 is 14.8 Å². The minimum atomic E-state index is -0.321. The quantitative estimate of drug-likeness (QED) is 0.700. The number of amides is 1. The summed E-state index contributed by atoms with van der Waals surface area (Å²) in [4.78, 5) is 24.3. The Morgan fingerprint density at radius 2 is 2.00 bits per heavy atom. The van der Waals surface area contributed by atoms with Crippen LogP contribution in [-0.4, -0.2) is 31.6 Å². The van der Waals surface area contributed by atoms with Gasteiger partial charge in [0.15, 0.2) is 0 Å². The lowest BCUT2D eigenvalue weighted by atomic mass is 9.65. The highest BCUT2D eigenvalue weighted by Crippen LogP contribution is 2.53. The number of ether oxygens (including phenoxy) is 2. The van der Waals surface area contributed by atoms with Gasteiger partial charge in [0.1, 0.15) is 11.9 Å². The lowest BCUT2D eigenvalue weighted by Gasteiger charge is -2.41. The smallest absolute Gasteiger partial charge is 0.302 e. The maximum absolute atomic E-state index is 12.6. The fourth-order valence-electron chi connectivity index (χ4n) is 5.54. The monoisotopic (exact) mass is 401 g/mol. The maximum Gasteiger partial charge on any atom is 0.302 e. The van der Waals surface area contributed by atoms with Crippen LogP contribution in [0, 0.1) is 17.3 Å². The zero-order valence-electron chi connectivity index (χ0n) is 18.3. The molecule has 2 aliphatic carbocycles. The molecule has 1 amide bonds. The summed E-state index contributed by atoms with van der Waals surface area (Å²) >= 11 is 0. The van der Waals surface area contributed by atoms with E-state index in [9.17, 15) is 9.59 Å². The molecule has 29 heavy (non-hydrogen) atoms. The first-order valence-electron chi connectivity index (χ1n) is 11.0. The number of carbonyl (C=O) groups is 2.